The van der Waals surface area contributed by atoms with E-state index in [1.807, 2.05) is 18.3 Å². The van der Waals surface area contributed by atoms with Gasteiger partial charge in [0, 0.05) is 38.9 Å². The average molecular weight is 689 g/mol. The van der Waals surface area contributed by atoms with Crippen molar-refractivity contribution in [1.29, 1.82) is 0 Å². The van der Waals surface area contributed by atoms with E-state index in [-0.39, 0.29) is 0 Å². The number of furan rings is 1. The van der Waals surface area contributed by atoms with Crippen LogP contribution in [0.3, 0.4) is 0 Å². The zero-order valence-corrected chi connectivity index (χ0v) is 29.3. The summed E-state index contributed by atoms with van der Waals surface area (Å²) in [6.07, 6.45) is 2.01. The number of benzene rings is 8. The largest absolute Gasteiger partial charge is 0.456 e. The summed E-state index contributed by atoms with van der Waals surface area (Å²) in [6, 6.07) is 67.2. The Morgan fingerprint density at radius 3 is 1.83 bits per heavy atom. The van der Waals surface area contributed by atoms with Crippen molar-refractivity contribution >= 4 is 54.5 Å². The van der Waals surface area contributed by atoms with Crippen molar-refractivity contribution in [3.05, 3.63) is 194 Å². The van der Waals surface area contributed by atoms with E-state index in [4.69, 9.17) is 9.40 Å². The first-order valence-electron chi connectivity index (χ1n) is 18.4. The van der Waals surface area contributed by atoms with Crippen LogP contribution in [0.5, 0.6) is 0 Å². The van der Waals surface area contributed by atoms with Crippen LogP contribution in [0.2, 0.25) is 0 Å². The van der Waals surface area contributed by atoms with Gasteiger partial charge in [-0.1, -0.05) is 140 Å². The van der Waals surface area contributed by atoms with Gasteiger partial charge in [0.2, 0.25) is 0 Å². The topological polar surface area (TPSA) is 31.0 Å². The van der Waals surface area contributed by atoms with Crippen LogP contribution < -0.4 is 0 Å². The monoisotopic (exact) mass is 688 g/mol. The quantitative estimate of drug-likeness (QED) is 0.180. The van der Waals surface area contributed by atoms with Crippen LogP contribution in [0, 0.1) is 0 Å². The molecule has 0 radical (unpaired) electrons. The molecule has 0 aliphatic rings. The predicted molar refractivity (Wildman–Crippen MR) is 225 cm³/mol. The summed E-state index contributed by atoms with van der Waals surface area (Å²) >= 11 is 0. The third kappa shape index (κ3) is 4.94. The number of fused-ring (bicyclic) bond motifs is 7. The number of nitrogens with zero attached hydrogens (tertiary/aromatic N) is 2. The maximum atomic E-state index is 6.17. The lowest BCUT2D eigenvalue weighted by Crippen LogP contribution is -2.01. The molecule has 54 heavy (non-hydrogen) atoms. The van der Waals surface area contributed by atoms with Gasteiger partial charge >= 0.3 is 0 Å². The Balaban J connectivity index is 1.17. The third-order valence-electron chi connectivity index (χ3n) is 10.8. The number of aromatic nitrogens is 2. The van der Waals surface area contributed by atoms with Gasteiger partial charge in [-0.2, -0.15) is 0 Å². The molecule has 0 amide bonds. The Bertz CT molecular complexity index is 3210. The Hall–Kier alpha value is -7.23. The van der Waals surface area contributed by atoms with Gasteiger partial charge in [0.1, 0.15) is 17.0 Å². The number of para-hydroxylation sites is 1. The van der Waals surface area contributed by atoms with Gasteiger partial charge in [-0.25, -0.2) is 4.98 Å². The number of hydrogen-bond acceptors (Lipinski definition) is 2. The first-order valence-corrected chi connectivity index (χ1v) is 18.4. The molecule has 252 valence electrons. The van der Waals surface area contributed by atoms with Crippen LogP contribution in [0.4, 0.5) is 0 Å². The predicted octanol–water partition coefficient (Wildman–Crippen LogP) is 13.9. The molecule has 3 aromatic heterocycles. The minimum Gasteiger partial charge on any atom is -0.456 e. The Morgan fingerprint density at radius 1 is 0.352 bits per heavy atom. The van der Waals surface area contributed by atoms with Crippen molar-refractivity contribution in [3.8, 4) is 50.3 Å². The Morgan fingerprint density at radius 2 is 0.981 bits per heavy atom. The van der Waals surface area contributed by atoms with Crippen molar-refractivity contribution in [2.24, 2.45) is 0 Å². The van der Waals surface area contributed by atoms with Crippen molar-refractivity contribution in [1.82, 2.24) is 9.55 Å². The summed E-state index contributed by atoms with van der Waals surface area (Å²) in [4.78, 5) is 5.31. The molecule has 11 rings (SSSR count). The van der Waals surface area contributed by atoms with Gasteiger partial charge < -0.3 is 4.42 Å². The van der Waals surface area contributed by atoms with Gasteiger partial charge in [-0.15, -0.1) is 0 Å². The first-order chi connectivity index (χ1) is 26.7. The zero-order chi connectivity index (χ0) is 35.6. The van der Waals surface area contributed by atoms with E-state index < -0.39 is 0 Å². The van der Waals surface area contributed by atoms with Gasteiger partial charge in [0.05, 0.1) is 11.0 Å². The highest BCUT2D eigenvalue weighted by molar-refractivity contribution is 6.12. The SMILES string of the molecule is c1ccc(-c2cnc(-n3c4ccc(-c5ccc6oc7ccccc7c6c5)cc4c4ccc(-c5ccc6ccccc6c5)cc43)c(-c3ccccc3)c2)cc1. The second kappa shape index (κ2) is 12.2. The van der Waals surface area contributed by atoms with Gasteiger partial charge in [-0.05, 0) is 92.7 Å². The molecule has 0 saturated carbocycles. The Kier molecular flexibility index (Phi) is 6.86. The molecule has 0 aliphatic heterocycles. The van der Waals surface area contributed by atoms with E-state index in [1.165, 1.54) is 27.1 Å². The van der Waals surface area contributed by atoms with Crippen molar-refractivity contribution < 1.29 is 4.42 Å². The minimum absolute atomic E-state index is 0.899. The smallest absolute Gasteiger partial charge is 0.145 e. The van der Waals surface area contributed by atoms with Crippen LogP contribution in [-0.2, 0) is 0 Å². The van der Waals surface area contributed by atoms with Crippen LogP contribution >= 0.6 is 0 Å². The van der Waals surface area contributed by atoms with E-state index in [1.54, 1.807) is 0 Å². The molecule has 0 saturated heterocycles. The summed E-state index contributed by atoms with van der Waals surface area (Å²) in [7, 11) is 0. The summed E-state index contributed by atoms with van der Waals surface area (Å²) in [5, 5.41) is 7.08. The van der Waals surface area contributed by atoms with E-state index in [9.17, 15) is 0 Å². The molecule has 3 heterocycles. The maximum absolute atomic E-state index is 6.17. The lowest BCUT2D eigenvalue weighted by atomic mass is 9.99. The lowest BCUT2D eigenvalue weighted by Gasteiger charge is -2.15. The fraction of sp³-hybridized carbons (Fsp3) is 0. The van der Waals surface area contributed by atoms with E-state index in [0.29, 0.717) is 0 Å². The molecule has 3 heteroatoms. The second-order valence-electron chi connectivity index (χ2n) is 14.0. The Labute approximate surface area is 312 Å². The fourth-order valence-electron chi connectivity index (χ4n) is 8.14. The van der Waals surface area contributed by atoms with Crippen LogP contribution in [0.1, 0.15) is 0 Å². The molecule has 0 atom stereocenters. The van der Waals surface area contributed by atoms with Crippen LogP contribution in [0.15, 0.2) is 199 Å². The highest BCUT2D eigenvalue weighted by atomic mass is 16.3. The van der Waals surface area contributed by atoms with Gasteiger partial charge in [-0.3, -0.25) is 4.57 Å². The molecule has 0 fully saturated rings. The molecule has 0 unspecified atom stereocenters. The van der Waals surface area contributed by atoms with E-state index in [0.717, 1.165) is 77.7 Å². The van der Waals surface area contributed by atoms with Crippen molar-refractivity contribution in [2.45, 2.75) is 0 Å². The molecule has 0 aliphatic carbocycles. The first kappa shape index (κ1) is 30.4. The summed E-state index contributed by atoms with van der Waals surface area (Å²) in [5.41, 5.74) is 13.1. The van der Waals surface area contributed by atoms with Gasteiger partial charge in [0.15, 0.2) is 0 Å². The van der Waals surface area contributed by atoms with Crippen LogP contribution in [-0.4, -0.2) is 9.55 Å². The molecular weight excluding hydrogens is 657 g/mol. The number of hydrogen-bond donors (Lipinski definition) is 0. The number of rotatable bonds is 5. The minimum atomic E-state index is 0.899. The molecular formula is C51H32N2O. The molecule has 3 nitrogen and oxygen atoms in total. The third-order valence-corrected chi connectivity index (χ3v) is 10.8. The fourth-order valence-corrected chi connectivity index (χ4v) is 8.14. The van der Waals surface area contributed by atoms with Crippen molar-refractivity contribution in [3.63, 3.8) is 0 Å². The molecule has 8 aromatic carbocycles. The van der Waals surface area contributed by atoms with E-state index in [2.05, 4.69) is 180 Å². The second-order valence-corrected chi connectivity index (χ2v) is 14.0. The molecule has 0 spiro atoms. The highest BCUT2D eigenvalue weighted by Gasteiger charge is 2.20. The average Bonchev–Trinajstić information content (AvgIpc) is 3.78. The highest BCUT2D eigenvalue weighted by Crippen LogP contribution is 2.41. The summed E-state index contributed by atoms with van der Waals surface area (Å²) in [6.45, 7) is 0. The molecule has 11 aromatic rings. The van der Waals surface area contributed by atoms with Crippen molar-refractivity contribution in [2.75, 3.05) is 0 Å². The normalized spacial score (nSPS) is 11.7. The van der Waals surface area contributed by atoms with Crippen LogP contribution in [0.25, 0.3) is 105 Å². The maximum Gasteiger partial charge on any atom is 0.145 e. The lowest BCUT2D eigenvalue weighted by molar-refractivity contribution is 0.669. The standard InChI is InChI=1S/C51H32N2O/c1-3-11-33(12-4-1)41-30-44(35-14-5-2-6-15-35)51(52-32-41)53-47-25-22-38(39-23-26-50-46(29-39)43-17-9-10-18-49(43)54-50)28-45(47)42-24-21-40(31-48(42)53)37-20-19-34-13-7-8-16-36(34)27-37/h1-32H. The number of pyridine rings is 1. The molecule has 0 bridgehead atoms. The summed E-state index contributed by atoms with van der Waals surface area (Å²) in [5.74, 6) is 0.899. The molecule has 0 N–H and O–H groups in total. The summed E-state index contributed by atoms with van der Waals surface area (Å²) < 4.78 is 8.53. The van der Waals surface area contributed by atoms with Gasteiger partial charge in [0.25, 0.3) is 0 Å². The van der Waals surface area contributed by atoms with E-state index >= 15 is 0 Å². The zero-order valence-electron chi connectivity index (χ0n) is 29.3.